The standard InChI is InChI=1S/C19H24N4S/c1-13-10-11-16(22(13)2)18-17(15-9-5-6-12-20-15)21-19(24)23(18)14-7-3-4-8-14/h5-6,9-12,14,17-18H,3-4,7-8H2,1-2H3,(H,21,24)/t17-,18+/m1/s1. The molecule has 0 amide bonds. The van der Waals surface area contributed by atoms with Crippen LogP contribution in [0.3, 0.4) is 0 Å². The lowest BCUT2D eigenvalue weighted by Crippen LogP contribution is -2.38. The van der Waals surface area contributed by atoms with Gasteiger partial charge in [-0.2, -0.15) is 0 Å². The minimum atomic E-state index is 0.104. The summed E-state index contributed by atoms with van der Waals surface area (Å²) >= 11 is 5.76. The van der Waals surface area contributed by atoms with Gasteiger partial charge < -0.3 is 14.8 Å². The highest BCUT2D eigenvalue weighted by Gasteiger charge is 2.44. The van der Waals surface area contributed by atoms with Gasteiger partial charge in [0.2, 0.25) is 0 Å². The minimum absolute atomic E-state index is 0.104. The molecular weight excluding hydrogens is 316 g/mol. The van der Waals surface area contributed by atoms with Crippen LogP contribution < -0.4 is 5.32 Å². The molecule has 1 aliphatic heterocycles. The fraction of sp³-hybridized carbons (Fsp3) is 0.474. The van der Waals surface area contributed by atoms with E-state index in [0.717, 1.165) is 10.8 Å². The van der Waals surface area contributed by atoms with Crippen molar-refractivity contribution in [2.75, 3.05) is 0 Å². The van der Waals surface area contributed by atoms with Crippen molar-refractivity contribution in [3.8, 4) is 0 Å². The summed E-state index contributed by atoms with van der Waals surface area (Å²) in [6, 6.07) is 11.4. The third-order valence-corrected chi connectivity index (χ3v) is 5.90. The molecule has 4 nitrogen and oxygen atoms in total. The normalized spacial score (nSPS) is 24.6. The number of aryl methyl sites for hydroxylation is 1. The molecule has 0 spiro atoms. The van der Waals surface area contributed by atoms with E-state index in [1.165, 1.54) is 37.1 Å². The van der Waals surface area contributed by atoms with Crippen molar-refractivity contribution in [1.82, 2.24) is 19.8 Å². The maximum absolute atomic E-state index is 5.76. The van der Waals surface area contributed by atoms with Gasteiger partial charge in [-0.25, -0.2) is 0 Å². The van der Waals surface area contributed by atoms with Gasteiger partial charge in [-0.1, -0.05) is 18.9 Å². The molecule has 2 aromatic heterocycles. The summed E-state index contributed by atoms with van der Waals surface area (Å²) in [7, 11) is 2.15. The van der Waals surface area contributed by atoms with Crippen molar-refractivity contribution in [2.45, 2.75) is 50.7 Å². The van der Waals surface area contributed by atoms with E-state index in [2.05, 4.69) is 58.0 Å². The molecule has 1 aliphatic carbocycles. The summed E-state index contributed by atoms with van der Waals surface area (Å²) in [5.74, 6) is 0. The van der Waals surface area contributed by atoms with Crippen molar-refractivity contribution in [3.05, 3.63) is 53.6 Å². The average molecular weight is 340 g/mol. The molecule has 1 saturated carbocycles. The molecule has 2 aliphatic rings. The molecular formula is C19H24N4S. The molecule has 1 N–H and O–H groups in total. The topological polar surface area (TPSA) is 33.1 Å². The minimum Gasteiger partial charge on any atom is -0.352 e. The number of hydrogen-bond acceptors (Lipinski definition) is 2. The number of nitrogens with zero attached hydrogens (tertiary/aromatic N) is 3. The maximum Gasteiger partial charge on any atom is 0.170 e. The van der Waals surface area contributed by atoms with E-state index in [-0.39, 0.29) is 12.1 Å². The Morgan fingerprint density at radius 1 is 1.17 bits per heavy atom. The molecule has 126 valence electrons. The second-order valence-corrected chi connectivity index (χ2v) is 7.32. The summed E-state index contributed by atoms with van der Waals surface area (Å²) in [5.41, 5.74) is 3.64. The Balaban J connectivity index is 1.79. The Bertz CT molecular complexity index is 733. The van der Waals surface area contributed by atoms with Crippen LogP contribution >= 0.6 is 12.2 Å². The fourth-order valence-corrected chi connectivity index (χ4v) is 4.58. The van der Waals surface area contributed by atoms with Crippen LogP contribution in [0, 0.1) is 6.92 Å². The highest BCUT2D eigenvalue weighted by molar-refractivity contribution is 7.80. The summed E-state index contributed by atoms with van der Waals surface area (Å²) in [6.45, 7) is 2.15. The van der Waals surface area contributed by atoms with Crippen LogP contribution in [0.15, 0.2) is 36.5 Å². The number of thiocarbonyl (C=S) groups is 1. The van der Waals surface area contributed by atoms with Crippen molar-refractivity contribution < 1.29 is 0 Å². The van der Waals surface area contributed by atoms with E-state index in [4.69, 9.17) is 12.2 Å². The average Bonchev–Trinajstić information content (AvgIpc) is 3.29. The van der Waals surface area contributed by atoms with Crippen LogP contribution in [-0.4, -0.2) is 25.6 Å². The zero-order valence-corrected chi connectivity index (χ0v) is 15.1. The Morgan fingerprint density at radius 2 is 1.96 bits per heavy atom. The lowest BCUT2D eigenvalue weighted by Gasteiger charge is -2.33. The van der Waals surface area contributed by atoms with Gasteiger partial charge in [-0.3, -0.25) is 4.98 Å². The zero-order chi connectivity index (χ0) is 16.7. The molecule has 3 heterocycles. The van der Waals surface area contributed by atoms with Crippen molar-refractivity contribution in [3.63, 3.8) is 0 Å². The smallest absolute Gasteiger partial charge is 0.170 e. The quantitative estimate of drug-likeness (QED) is 0.865. The van der Waals surface area contributed by atoms with E-state index >= 15 is 0 Å². The lowest BCUT2D eigenvalue weighted by atomic mass is 10.00. The van der Waals surface area contributed by atoms with Crippen molar-refractivity contribution in [1.29, 1.82) is 0 Å². The van der Waals surface area contributed by atoms with Gasteiger partial charge in [-0.05, 0) is 56.2 Å². The number of aromatic nitrogens is 2. The Labute approximate surface area is 148 Å². The van der Waals surface area contributed by atoms with E-state index < -0.39 is 0 Å². The van der Waals surface area contributed by atoms with Crippen LogP contribution in [0.4, 0.5) is 0 Å². The van der Waals surface area contributed by atoms with Crippen LogP contribution in [-0.2, 0) is 7.05 Å². The summed E-state index contributed by atoms with van der Waals surface area (Å²) in [5, 5.41) is 4.44. The van der Waals surface area contributed by atoms with E-state index in [1.54, 1.807) is 0 Å². The zero-order valence-electron chi connectivity index (χ0n) is 14.3. The summed E-state index contributed by atoms with van der Waals surface area (Å²) in [6.07, 6.45) is 6.94. The lowest BCUT2D eigenvalue weighted by molar-refractivity contribution is 0.238. The van der Waals surface area contributed by atoms with Crippen LogP contribution in [0.2, 0.25) is 0 Å². The molecule has 2 atom stereocenters. The number of nitrogens with one attached hydrogen (secondary N) is 1. The molecule has 0 radical (unpaired) electrons. The van der Waals surface area contributed by atoms with Crippen molar-refractivity contribution >= 4 is 17.3 Å². The Hall–Kier alpha value is -1.88. The van der Waals surface area contributed by atoms with Crippen molar-refractivity contribution in [2.24, 2.45) is 7.05 Å². The Kier molecular flexibility index (Phi) is 4.04. The Morgan fingerprint density at radius 3 is 2.58 bits per heavy atom. The predicted molar refractivity (Wildman–Crippen MR) is 99.7 cm³/mol. The summed E-state index contributed by atoms with van der Waals surface area (Å²) in [4.78, 5) is 7.07. The van der Waals surface area contributed by atoms with Gasteiger partial charge in [0.25, 0.3) is 0 Å². The second kappa shape index (κ2) is 6.20. The number of rotatable bonds is 3. The van der Waals surface area contributed by atoms with E-state index in [1.807, 2.05) is 12.3 Å². The third kappa shape index (κ3) is 2.51. The molecule has 1 saturated heterocycles. The van der Waals surface area contributed by atoms with Gasteiger partial charge in [0.05, 0.1) is 17.8 Å². The highest BCUT2D eigenvalue weighted by Crippen LogP contribution is 2.42. The third-order valence-electron chi connectivity index (χ3n) is 5.57. The molecule has 24 heavy (non-hydrogen) atoms. The first-order valence-corrected chi connectivity index (χ1v) is 9.19. The first kappa shape index (κ1) is 15.6. The SMILES string of the molecule is Cc1ccc([C@H]2[C@@H](c3ccccn3)NC(=S)N2C2CCCC2)n1C. The maximum atomic E-state index is 5.76. The van der Waals surface area contributed by atoms with Crippen LogP contribution in [0.25, 0.3) is 0 Å². The first-order chi connectivity index (χ1) is 11.7. The molecule has 0 unspecified atom stereocenters. The monoisotopic (exact) mass is 340 g/mol. The molecule has 2 aromatic rings. The number of pyridine rings is 1. The predicted octanol–water partition coefficient (Wildman–Crippen LogP) is 3.64. The molecule has 5 heteroatoms. The van der Waals surface area contributed by atoms with Gasteiger partial charge in [0, 0.05) is 30.7 Å². The van der Waals surface area contributed by atoms with Crippen LogP contribution in [0.5, 0.6) is 0 Å². The van der Waals surface area contributed by atoms with Gasteiger partial charge >= 0.3 is 0 Å². The van der Waals surface area contributed by atoms with Gasteiger partial charge in [-0.15, -0.1) is 0 Å². The molecule has 2 fully saturated rings. The largest absolute Gasteiger partial charge is 0.352 e. The van der Waals surface area contributed by atoms with Crippen LogP contribution in [0.1, 0.15) is 54.8 Å². The molecule has 0 aromatic carbocycles. The first-order valence-electron chi connectivity index (χ1n) is 8.79. The van der Waals surface area contributed by atoms with E-state index in [9.17, 15) is 0 Å². The molecule has 4 rings (SSSR count). The molecule has 0 bridgehead atoms. The van der Waals surface area contributed by atoms with E-state index in [0.29, 0.717) is 6.04 Å². The second-order valence-electron chi connectivity index (χ2n) is 6.93. The number of hydrogen-bond donors (Lipinski definition) is 1. The highest BCUT2D eigenvalue weighted by atomic mass is 32.1. The summed E-state index contributed by atoms with van der Waals surface area (Å²) < 4.78 is 2.29. The van der Waals surface area contributed by atoms with Gasteiger partial charge in [0.1, 0.15) is 0 Å². The van der Waals surface area contributed by atoms with Gasteiger partial charge in [0.15, 0.2) is 5.11 Å². The fourth-order valence-electron chi connectivity index (χ4n) is 4.19.